The second kappa shape index (κ2) is 7.86. The van der Waals surface area contributed by atoms with Crippen molar-refractivity contribution in [1.29, 1.82) is 0 Å². The Morgan fingerprint density at radius 3 is 2.68 bits per heavy atom. The van der Waals surface area contributed by atoms with Gasteiger partial charge < -0.3 is 15.0 Å². The Bertz CT molecular complexity index is 986. The Labute approximate surface area is 167 Å². The van der Waals surface area contributed by atoms with Gasteiger partial charge in [-0.05, 0) is 54.6 Å². The zero-order valence-corrected chi connectivity index (χ0v) is 16.2. The highest BCUT2D eigenvalue weighted by molar-refractivity contribution is 7.12. The van der Waals surface area contributed by atoms with Crippen LogP contribution < -0.4 is 15.0 Å². The third kappa shape index (κ3) is 3.77. The van der Waals surface area contributed by atoms with Gasteiger partial charge in [0.15, 0.2) is 6.10 Å². The number of rotatable bonds is 5. The molecule has 0 saturated heterocycles. The predicted octanol–water partition coefficient (Wildman–Crippen LogP) is 4.36. The van der Waals surface area contributed by atoms with E-state index in [2.05, 4.69) is 5.32 Å². The van der Waals surface area contributed by atoms with E-state index in [0.717, 1.165) is 17.7 Å². The highest BCUT2D eigenvalue weighted by Gasteiger charge is 2.27. The molecule has 1 unspecified atom stereocenters. The monoisotopic (exact) mass is 392 g/mol. The molecule has 3 aromatic rings. The minimum absolute atomic E-state index is 0.00185. The van der Waals surface area contributed by atoms with Gasteiger partial charge in [-0.25, -0.2) is 0 Å². The molecule has 2 amide bonds. The maximum atomic E-state index is 12.7. The molecule has 0 fully saturated rings. The molecule has 0 aliphatic carbocycles. The lowest BCUT2D eigenvalue weighted by atomic mass is 10.1. The number of ether oxygens (including phenoxy) is 1. The summed E-state index contributed by atoms with van der Waals surface area (Å²) in [5.74, 6) is 0.405. The van der Waals surface area contributed by atoms with Crippen LogP contribution in [-0.2, 0) is 11.2 Å². The van der Waals surface area contributed by atoms with E-state index in [9.17, 15) is 9.59 Å². The molecule has 0 saturated carbocycles. The van der Waals surface area contributed by atoms with Crippen LogP contribution in [0.3, 0.4) is 0 Å². The molecular formula is C22H20N2O3S. The minimum Gasteiger partial charge on any atom is -0.481 e. The lowest BCUT2D eigenvalue weighted by Gasteiger charge is -2.18. The largest absolute Gasteiger partial charge is 0.481 e. The van der Waals surface area contributed by atoms with Crippen molar-refractivity contribution in [2.24, 2.45) is 0 Å². The van der Waals surface area contributed by atoms with Crippen LogP contribution in [0.2, 0.25) is 0 Å². The van der Waals surface area contributed by atoms with Crippen molar-refractivity contribution in [1.82, 2.24) is 0 Å². The molecule has 28 heavy (non-hydrogen) atoms. The van der Waals surface area contributed by atoms with E-state index in [1.807, 2.05) is 66.0 Å². The van der Waals surface area contributed by atoms with E-state index < -0.39 is 6.10 Å². The first-order valence-electron chi connectivity index (χ1n) is 9.12. The van der Waals surface area contributed by atoms with Crippen LogP contribution in [0.25, 0.3) is 0 Å². The van der Waals surface area contributed by atoms with Crippen LogP contribution in [0.15, 0.2) is 66.0 Å². The smallest absolute Gasteiger partial charge is 0.268 e. The number of para-hydroxylation sites is 1. The van der Waals surface area contributed by atoms with Crippen LogP contribution in [-0.4, -0.2) is 24.5 Å². The Hall–Kier alpha value is -3.12. The molecule has 0 bridgehead atoms. The van der Waals surface area contributed by atoms with Crippen molar-refractivity contribution in [3.8, 4) is 5.75 Å². The summed E-state index contributed by atoms with van der Waals surface area (Å²) in [7, 11) is 0. The van der Waals surface area contributed by atoms with Gasteiger partial charge in [-0.3, -0.25) is 9.59 Å². The summed E-state index contributed by atoms with van der Waals surface area (Å²) < 4.78 is 5.67. The van der Waals surface area contributed by atoms with E-state index in [1.54, 1.807) is 11.8 Å². The van der Waals surface area contributed by atoms with E-state index in [1.165, 1.54) is 11.3 Å². The van der Waals surface area contributed by atoms with E-state index >= 15 is 0 Å². The number of thiophene rings is 1. The maximum absolute atomic E-state index is 12.7. The van der Waals surface area contributed by atoms with Gasteiger partial charge in [0.25, 0.3) is 11.8 Å². The molecular weight excluding hydrogens is 372 g/mol. The SMILES string of the molecule is CC(Oc1ccccc1)C(=O)Nc1ccc2c(c1)N(C(=O)c1cccs1)CC2. The zero-order chi connectivity index (χ0) is 19.5. The predicted molar refractivity (Wildman–Crippen MR) is 111 cm³/mol. The molecule has 1 atom stereocenters. The maximum Gasteiger partial charge on any atom is 0.268 e. The summed E-state index contributed by atoms with van der Waals surface area (Å²) in [6.07, 6.45) is 0.174. The Balaban J connectivity index is 1.47. The van der Waals surface area contributed by atoms with Crippen LogP contribution in [0.1, 0.15) is 22.2 Å². The van der Waals surface area contributed by atoms with Crippen molar-refractivity contribution in [3.63, 3.8) is 0 Å². The van der Waals surface area contributed by atoms with Gasteiger partial charge in [0, 0.05) is 17.9 Å². The Kier molecular flexibility index (Phi) is 5.12. The fourth-order valence-electron chi connectivity index (χ4n) is 3.20. The molecule has 6 heteroatoms. The zero-order valence-electron chi connectivity index (χ0n) is 15.4. The highest BCUT2D eigenvalue weighted by atomic mass is 32.1. The molecule has 1 aliphatic heterocycles. The molecule has 2 aromatic carbocycles. The Morgan fingerprint density at radius 2 is 1.93 bits per heavy atom. The highest BCUT2D eigenvalue weighted by Crippen LogP contribution is 2.32. The van der Waals surface area contributed by atoms with Crippen molar-refractivity contribution in [2.75, 3.05) is 16.8 Å². The van der Waals surface area contributed by atoms with Gasteiger partial charge >= 0.3 is 0 Å². The molecule has 2 heterocycles. The Morgan fingerprint density at radius 1 is 1.11 bits per heavy atom. The van der Waals surface area contributed by atoms with Gasteiger partial charge in [-0.1, -0.05) is 30.3 Å². The minimum atomic E-state index is -0.639. The number of hydrogen-bond acceptors (Lipinski definition) is 4. The number of anilines is 2. The van der Waals surface area contributed by atoms with Gasteiger partial charge in [0.1, 0.15) is 5.75 Å². The topological polar surface area (TPSA) is 58.6 Å². The molecule has 1 aromatic heterocycles. The van der Waals surface area contributed by atoms with E-state index in [0.29, 0.717) is 22.9 Å². The number of benzene rings is 2. The lowest BCUT2D eigenvalue weighted by Crippen LogP contribution is -2.30. The van der Waals surface area contributed by atoms with Gasteiger partial charge in [0.05, 0.1) is 4.88 Å². The summed E-state index contributed by atoms with van der Waals surface area (Å²) in [5, 5.41) is 4.78. The van der Waals surface area contributed by atoms with Crippen LogP contribution in [0, 0.1) is 0 Å². The van der Waals surface area contributed by atoms with Crippen LogP contribution >= 0.6 is 11.3 Å². The third-order valence-electron chi connectivity index (χ3n) is 4.65. The average molecular weight is 392 g/mol. The molecule has 142 valence electrons. The number of nitrogens with zero attached hydrogens (tertiary/aromatic N) is 1. The van der Waals surface area contributed by atoms with Crippen LogP contribution in [0.4, 0.5) is 11.4 Å². The summed E-state index contributed by atoms with van der Waals surface area (Å²) in [6, 6.07) is 18.6. The van der Waals surface area contributed by atoms with Crippen molar-refractivity contribution < 1.29 is 14.3 Å². The fraction of sp³-hybridized carbons (Fsp3) is 0.182. The summed E-state index contributed by atoms with van der Waals surface area (Å²) in [6.45, 7) is 2.36. The molecule has 5 nitrogen and oxygen atoms in total. The number of carbonyl (C=O) groups excluding carboxylic acids is 2. The standard InChI is InChI=1S/C22H20N2O3S/c1-15(27-18-6-3-2-4-7-18)21(25)23-17-10-9-16-11-12-24(19(16)14-17)22(26)20-8-5-13-28-20/h2-10,13-15H,11-12H2,1H3,(H,23,25). The first-order chi connectivity index (χ1) is 13.6. The number of nitrogens with one attached hydrogen (secondary N) is 1. The third-order valence-corrected chi connectivity index (χ3v) is 5.51. The molecule has 0 radical (unpaired) electrons. The fourth-order valence-corrected chi connectivity index (χ4v) is 3.87. The summed E-state index contributed by atoms with van der Waals surface area (Å²) in [4.78, 5) is 27.7. The first kappa shape index (κ1) is 18.3. The molecule has 1 aliphatic rings. The number of fused-ring (bicyclic) bond motifs is 1. The van der Waals surface area contributed by atoms with Gasteiger partial charge in [-0.15, -0.1) is 11.3 Å². The quantitative estimate of drug-likeness (QED) is 0.702. The summed E-state index contributed by atoms with van der Waals surface area (Å²) >= 11 is 1.43. The van der Waals surface area contributed by atoms with Gasteiger partial charge in [0.2, 0.25) is 0 Å². The summed E-state index contributed by atoms with van der Waals surface area (Å²) in [5.41, 5.74) is 2.61. The molecule has 1 N–H and O–H groups in total. The van der Waals surface area contributed by atoms with Gasteiger partial charge in [-0.2, -0.15) is 0 Å². The number of hydrogen-bond donors (Lipinski definition) is 1. The van der Waals surface area contributed by atoms with Crippen molar-refractivity contribution in [2.45, 2.75) is 19.4 Å². The lowest BCUT2D eigenvalue weighted by molar-refractivity contribution is -0.122. The number of carbonyl (C=O) groups is 2. The average Bonchev–Trinajstić information content (AvgIpc) is 3.38. The van der Waals surface area contributed by atoms with Crippen LogP contribution in [0.5, 0.6) is 5.75 Å². The number of amides is 2. The van der Waals surface area contributed by atoms with Crippen molar-refractivity contribution in [3.05, 3.63) is 76.5 Å². The first-order valence-corrected chi connectivity index (χ1v) is 10.0. The second-order valence-corrected chi connectivity index (χ2v) is 7.54. The molecule has 4 rings (SSSR count). The normalized spacial score (nSPS) is 13.7. The van der Waals surface area contributed by atoms with E-state index in [-0.39, 0.29) is 11.8 Å². The second-order valence-electron chi connectivity index (χ2n) is 6.59. The van der Waals surface area contributed by atoms with E-state index in [4.69, 9.17) is 4.74 Å². The molecule has 0 spiro atoms. The van der Waals surface area contributed by atoms with Crippen molar-refractivity contribution >= 4 is 34.5 Å².